The Morgan fingerprint density at radius 1 is 0.391 bits per heavy atom. The van der Waals surface area contributed by atoms with Crippen molar-refractivity contribution in [2.45, 2.75) is 0 Å². The van der Waals surface area contributed by atoms with Gasteiger partial charge in [0.25, 0.3) is 0 Å². The standard InChI is InChI=1S/C44H29NO/c1-3-14-30(15-4-1)32-18-11-19-33(28-32)36-25-13-27-42-43(36)39-29-41(37-23-9-10-24-38(37)44(39)46-42)45(34-20-5-2-6-21-34)40-26-12-17-31-16-7-8-22-35(31)40/h1-29H. The molecule has 216 valence electrons. The highest BCUT2D eigenvalue weighted by atomic mass is 16.3. The van der Waals surface area contributed by atoms with Crippen molar-refractivity contribution in [3.8, 4) is 22.3 Å². The van der Waals surface area contributed by atoms with Crippen LogP contribution in [0.2, 0.25) is 0 Å². The van der Waals surface area contributed by atoms with E-state index in [4.69, 9.17) is 4.42 Å². The quantitative estimate of drug-likeness (QED) is 0.199. The zero-order valence-electron chi connectivity index (χ0n) is 25.1. The molecule has 0 unspecified atom stereocenters. The molecule has 0 N–H and O–H groups in total. The Morgan fingerprint density at radius 3 is 1.87 bits per heavy atom. The number of hydrogen-bond acceptors (Lipinski definition) is 2. The third-order valence-electron chi connectivity index (χ3n) is 9.02. The predicted molar refractivity (Wildman–Crippen MR) is 194 cm³/mol. The summed E-state index contributed by atoms with van der Waals surface area (Å²) in [5.41, 5.74) is 9.87. The molecule has 9 aromatic rings. The van der Waals surface area contributed by atoms with E-state index in [-0.39, 0.29) is 0 Å². The lowest BCUT2D eigenvalue weighted by atomic mass is 9.94. The molecule has 1 aromatic heterocycles. The summed E-state index contributed by atoms with van der Waals surface area (Å²) in [6.07, 6.45) is 0. The second-order valence-electron chi connectivity index (χ2n) is 11.7. The number of benzene rings is 8. The third-order valence-corrected chi connectivity index (χ3v) is 9.02. The van der Waals surface area contributed by atoms with E-state index in [1.807, 2.05) is 0 Å². The van der Waals surface area contributed by atoms with Crippen LogP contribution in [-0.2, 0) is 0 Å². The van der Waals surface area contributed by atoms with E-state index in [0.29, 0.717) is 0 Å². The minimum atomic E-state index is 0.885. The molecule has 9 rings (SSSR count). The lowest BCUT2D eigenvalue weighted by Gasteiger charge is -2.28. The Hall–Kier alpha value is -6.12. The van der Waals surface area contributed by atoms with E-state index in [1.165, 1.54) is 27.5 Å². The van der Waals surface area contributed by atoms with Gasteiger partial charge in [0.05, 0.1) is 11.4 Å². The SMILES string of the molecule is c1ccc(-c2cccc(-c3cccc4oc5c6ccccc6c(N(c6ccccc6)c6cccc7ccccc67)cc5c34)c2)cc1. The fourth-order valence-electron chi connectivity index (χ4n) is 6.94. The summed E-state index contributed by atoms with van der Waals surface area (Å²) in [6.45, 7) is 0. The Bertz CT molecular complexity index is 2520. The molecule has 0 atom stereocenters. The minimum absolute atomic E-state index is 0.885. The van der Waals surface area contributed by atoms with Crippen LogP contribution in [0.1, 0.15) is 0 Å². The molecule has 2 heteroatoms. The van der Waals surface area contributed by atoms with Crippen LogP contribution < -0.4 is 4.90 Å². The molecule has 0 spiro atoms. The first kappa shape index (κ1) is 26.3. The fourth-order valence-corrected chi connectivity index (χ4v) is 6.94. The van der Waals surface area contributed by atoms with Crippen LogP contribution in [0.25, 0.3) is 65.7 Å². The van der Waals surface area contributed by atoms with Gasteiger partial charge in [-0.1, -0.05) is 140 Å². The zero-order valence-corrected chi connectivity index (χ0v) is 25.1. The number of rotatable bonds is 5. The van der Waals surface area contributed by atoms with Crippen molar-refractivity contribution in [2.75, 3.05) is 4.90 Å². The van der Waals surface area contributed by atoms with Crippen LogP contribution >= 0.6 is 0 Å². The molecule has 46 heavy (non-hydrogen) atoms. The van der Waals surface area contributed by atoms with Gasteiger partial charge in [-0.3, -0.25) is 0 Å². The van der Waals surface area contributed by atoms with E-state index in [9.17, 15) is 0 Å². The topological polar surface area (TPSA) is 16.4 Å². The highest BCUT2D eigenvalue weighted by Crippen LogP contribution is 2.47. The molecule has 0 bridgehead atoms. The van der Waals surface area contributed by atoms with Crippen LogP contribution in [0.4, 0.5) is 17.1 Å². The summed E-state index contributed by atoms with van der Waals surface area (Å²) in [4.78, 5) is 2.40. The highest BCUT2D eigenvalue weighted by molar-refractivity contribution is 6.23. The van der Waals surface area contributed by atoms with Crippen LogP contribution in [-0.4, -0.2) is 0 Å². The van der Waals surface area contributed by atoms with Gasteiger partial charge in [0.2, 0.25) is 0 Å². The van der Waals surface area contributed by atoms with Crippen LogP contribution in [0, 0.1) is 0 Å². The Labute approximate surface area is 267 Å². The molecule has 0 radical (unpaired) electrons. The number of hydrogen-bond donors (Lipinski definition) is 0. The molecule has 0 aliphatic heterocycles. The second-order valence-corrected chi connectivity index (χ2v) is 11.7. The van der Waals surface area contributed by atoms with Crippen molar-refractivity contribution in [3.05, 3.63) is 176 Å². The van der Waals surface area contributed by atoms with Crippen LogP contribution in [0.3, 0.4) is 0 Å². The van der Waals surface area contributed by atoms with E-state index in [2.05, 4.69) is 181 Å². The lowest BCUT2D eigenvalue weighted by molar-refractivity contribution is 0.673. The summed E-state index contributed by atoms with van der Waals surface area (Å²) < 4.78 is 6.74. The van der Waals surface area contributed by atoms with Gasteiger partial charge in [-0.2, -0.15) is 0 Å². The fraction of sp³-hybridized carbons (Fsp3) is 0. The van der Waals surface area contributed by atoms with Gasteiger partial charge in [0, 0.05) is 32.6 Å². The van der Waals surface area contributed by atoms with Gasteiger partial charge in [0.15, 0.2) is 0 Å². The second kappa shape index (κ2) is 10.8. The third kappa shape index (κ3) is 4.27. The van der Waals surface area contributed by atoms with Gasteiger partial charge in [0.1, 0.15) is 11.2 Å². The maximum atomic E-state index is 6.74. The van der Waals surface area contributed by atoms with Crippen molar-refractivity contribution in [3.63, 3.8) is 0 Å². The Balaban J connectivity index is 1.36. The smallest absolute Gasteiger partial charge is 0.143 e. The van der Waals surface area contributed by atoms with Crippen molar-refractivity contribution < 1.29 is 4.42 Å². The average Bonchev–Trinajstić information content (AvgIpc) is 3.52. The Kier molecular flexibility index (Phi) is 6.17. The molecular formula is C44H29NO. The monoisotopic (exact) mass is 587 g/mol. The van der Waals surface area contributed by atoms with Crippen LogP contribution in [0.15, 0.2) is 180 Å². The average molecular weight is 588 g/mol. The summed E-state index contributed by atoms with van der Waals surface area (Å²) >= 11 is 0. The predicted octanol–water partition coefficient (Wildman–Crippen LogP) is 12.7. The first-order chi connectivity index (χ1) is 22.8. The van der Waals surface area contributed by atoms with E-state index >= 15 is 0 Å². The Morgan fingerprint density at radius 2 is 1.02 bits per heavy atom. The number of furan rings is 1. The van der Waals surface area contributed by atoms with Crippen molar-refractivity contribution in [1.82, 2.24) is 0 Å². The maximum absolute atomic E-state index is 6.74. The van der Waals surface area contributed by atoms with Gasteiger partial charge < -0.3 is 9.32 Å². The number of anilines is 3. The van der Waals surface area contributed by atoms with Gasteiger partial charge in [-0.15, -0.1) is 0 Å². The van der Waals surface area contributed by atoms with Crippen molar-refractivity contribution >= 4 is 60.5 Å². The summed E-state index contributed by atoms with van der Waals surface area (Å²) in [5, 5.41) is 6.87. The van der Waals surface area contributed by atoms with Crippen molar-refractivity contribution in [1.29, 1.82) is 0 Å². The molecule has 0 aliphatic carbocycles. The van der Waals surface area contributed by atoms with Crippen molar-refractivity contribution in [2.24, 2.45) is 0 Å². The normalized spacial score (nSPS) is 11.5. The summed E-state index contributed by atoms with van der Waals surface area (Å²) in [5.74, 6) is 0. The molecule has 8 aromatic carbocycles. The molecule has 0 fully saturated rings. The highest BCUT2D eigenvalue weighted by Gasteiger charge is 2.22. The molecule has 0 amide bonds. The number of nitrogens with zero attached hydrogens (tertiary/aromatic N) is 1. The molecular weight excluding hydrogens is 558 g/mol. The van der Waals surface area contributed by atoms with Gasteiger partial charge >= 0.3 is 0 Å². The van der Waals surface area contributed by atoms with E-state index in [0.717, 1.165) is 55.3 Å². The lowest BCUT2D eigenvalue weighted by Crippen LogP contribution is -2.11. The maximum Gasteiger partial charge on any atom is 0.143 e. The summed E-state index contributed by atoms with van der Waals surface area (Å²) in [7, 11) is 0. The molecule has 0 saturated carbocycles. The number of para-hydroxylation sites is 1. The van der Waals surface area contributed by atoms with Gasteiger partial charge in [-0.05, 0) is 64.0 Å². The molecule has 1 heterocycles. The first-order valence-electron chi connectivity index (χ1n) is 15.7. The minimum Gasteiger partial charge on any atom is -0.455 e. The van der Waals surface area contributed by atoms with Gasteiger partial charge in [-0.25, -0.2) is 0 Å². The van der Waals surface area contributed by atoms with Crippen LogP contribution in [0.5, 0.6) is 0 Å². The molecule has 0 saturated heterocycles. The van der Waals surface area contributed by atoms with E-state index in [1.54, 1.807) is 0 Å². The molecule has 2 nitrogen and oxygen atoms in total. The first-order valence-corrected chi connectivity index (χ1v) is 15.7. The number of fused-ring (bicyclic) bond motifs is 6. The molecule has 0 aliphatic rings. The largest absolute Gasteiger partial charge is 0.455 e. The van der Waals surface area contributed by atoms with E-state index < -0.39 is 0 Å². The summed E-state index contributed by atoms with van der Waals surface area (Å²) in [6, 6.07) is 62.6. The zero-order chi connectivity index (χ0) is 30.5.